The third-order valence-corrected chi connectivity index (χ3v) is 5.28. The largest absolute Gasteiger partial charge is 0.297 e. The standard InChI is InChI=1S/C15H24N4S/c16-18-14(12-6-4-2-1-3-5-7-12)10-13-11-19-8-9-20-15(19)17-13/h8-9,11-12,14,18H,1-7,10,16H2. The number of thiazole rings is 1. The van der Waals surface area contributed by atoms with Crippen LogP contribution in [0.1, 0.15) is 50.6 Å². The lowest BCUT2D eigenvalue weighted by atomic mass is 9.84. The first-order valence-electron chi connectivity index (χ1n) is 7.74. The molecular formula is C15H24N4S. The summed E-state index contributed by atoms with van der Waals surface area (Å²) in [5, 5.41) is 2.07. The number of hydrogen-bond donors (Lipinski definition) is 2. The number of fused-ring (bicyclic) bond motifs is 1. The average molecular weight is 292 g/mol. The van der Waals surface area contributed by atoms with Gasteiger partial charge in [0.05, 0.1) is 5.69 Å². The van der Waals surface area contributed by atoms with Crippen molar-refractivity contribution >= 4 is 16.3 Å². The highest BCUT2D eigenvalue weighted by Gasteiger charge is 2.22. The molecule has 1 saturated carbocycles. The lowest BCUT2D eigenvalue weighted by Crippen LogP contribution is -2.42. The number of rotatable bonds is 4. The first-order chi connectivity index (χ1) is 9.86. The summed E-state index contributed by atoms with van der Waals surface area (Å²) in [5.74, 6) is 6.52. The SMILES string of the molecule is NNC(Cc1cn2ccsc2n1)C1CCCCCCC1. The third-order valence-electron chi connectivity index (χ3n) is 4.51. The van der Waals surface area contributed by atoms with E-state index in [0.717, 1.165) is 17.1 Å². The van der Waals surface area contributed by atoms with E-state index in [2.05, 4.69) is 32.6 Å². The van der Waals surface area contributed by atoms with Gasteiger partial charge in [0.2, 0.25) is 0 Å². The van der Waals surface area contributed by atoms with Gasteiger partial charge in [-0.25, -0.2) is 4.98 Å². The number of nitrogens with one attached hydrogen (secondary N) is 1. The molecule has 1 atom stereocenters. The molecule has 20 heavy (non-hydrogen) atoms. The second-order valence-electron chi connectivity index (χ2n) is 5.91. The molecule has 2 aromatic rings. The highest BCUT2D eigenvalue weighted by Crippen LogP contribution is 2.26. The van der Waals surface area contributed by atoms with Crippen LogP contribution in [0.2, 0.25) is 0 Å². The van der Waals surface area contributed by atoms with Gasteiger partial charge in [-0.3, -0.25) is 15.7 Å². The zero-order valence-electron chi connectivity index (χ0n) is 11.9. The van der Waals surface area contributed by atoms with E-state index in [-0.39, 0.29) is 0 Å². The predicted octanol–water partition coefficient (Wildman–Crippen LogP) is 3.13. The normalized spacial score (nSPS) is 19.9. The van der Waals surface area contributed by atoms with E-state index in [1.54, 1.807) is 11.3 Å². The molecule has 0 radical (unpaired) electrons. The number of nitrogens with zero attached hydrogens (tertiary/aromatic N) is 2. The molecule has 0 spiro atoms. The molecule has 1 fully saturated rings. The second kappa shape index (κ2) is 6.70. The van der Waals surface area contributed by atoms with Crippen molar-refractivity contribution in [1.29, 1.82) is 0 Å². The van der Waals surface area contributed by atoms with Crippen molar-refractivity contribution < 1.29 is 0 Å². The van der Waals surface area contributed by atoms with E-state index in [4.69, 9.17) is 5.84 Å². The predicted molar refractivity (Wildman–Crippen MR) is 83.7 cm³/mol. The molecule has 3 rings (SSSR count). The number of aromatic nitrogens is 2. The Kier molecular flexibility index (Phi) is 4.70. The summed E-state index contributed by atoms with van der Waals surface area (Å²) in [6, 6.07) is 0.359. The van der Waals surface area contributed by atoms with Crippen LogP contribution in [0.4, 0.5) is 0 Å². The van der Waals surface area contributed by atoms with Crippen LogP contribution in [0.5, 0.6) is 0 Å². The van der Waals surface area contributed by atoms with E-state index < -0.39 is 0 Å². The van der Waals surface area contributed by atoms with Gasteiger partial charge in [0.1, 0.15) is 0 Å². The van der Waals surface area contributed by atoms with Crippen LogP contribution in [0.25, 0.3) is 4.96 Å². The molecule has 2 aromatic heterocycles. The van der Waals surface area contributed by atoms with Crippen LogP contribution in [0.3, 0.4) is 0 Å². The maximum absolute atomic E-state index is 5.83. The summed E-state index contributed by atoms with van der Waals surface area (Å²) >= 11 is 1.68. The van der Waals surface area contributed by atoms with E-state index in [9.17, 15) is 0 Å². The molecule has 5 heteroatoms. The van der Waals surface area contributed by atoms with Gasteiger partial charge < -0.3 is 0 Å². The van der Waals surface area contributed by atoms with Gasteiger partial charge in [0, 0.05) is 30.2 Å². The Morgan fingerprint density at radius 1 is 1.30 bits per heavy atom. The van der Waals surface area contributed by atoms with E-state index >= 15 is 0 Å². The average Bonchev–Trinajstić information content (AvgIpc) is 2.97. The fourth-order valence-electron chi connectivity index (χ4n) is 3.35. The van der Waals surface area contributed by atoms with Gasteiger partial charge in [0.25, 0.3) is 0 Å². The Bertz CT molecular complexity index is 496. The monoisotopic (exact) mass is 292 g/mol. The molecule has 1 unspecified atom stereocenters. The maximum Gasteiger partial charge on any atom is 0.193 e. The lowest BCUT2D eigenvalue weighted by molar-refractivity contribution is 0.284. The van der Waals surface area contributed by atoms with Crippen molar-refractivity contribution in [2.75, 3.05) is 0 Å². The molecular weight excluding hydrogens is 268 g/mol. The first-order valence-corrected chi connectivity index (χ1v) is 8.62. The summed E-state index contributed by atoms with van der Waals surface area (Å²) in [5.41, 5.74) is 4.21. The van der Waals surface area contributed by atoms with Crippen LogP contribution in [-0.4, -0.2) is 15.4 Å². The van der Waals surface area contributed by atoms with Crippen LogP contribution >= 0.6 is 11.3 Å². The minimum atomic E-state index is 0.359. The molecule has 1 aliphatic rings. The molecule has 2 heterocycles. The molecule has 0 aromatic carbocycles. The van der Waals surface area contributed by atoms with Crippen molar-refractivity contribution in [3.63, 3.8) is 0 Å². The first kappa shape index (κ1) is 14.0. The highest BCUT2D eigenvalue weighted by molar-refractivity contribution is 7.15. The summed E-state index contributed by atoms with van der Waals surface area (Å²) in [7, 11) is 0. The van der Waals surface area contributed by atoms with Crippen molar-refractivity contribution in [3.05, 3.63) is 23.5 Å². The van der Waals surface area contributed by atoms with E-state index in [1.807, 2.05) is 0 Å². The van der Waals surface area contributed by atoms with Crippen molar-refractivity contribution in [3.8, 4) is 0 Å². The summed E-state index contributed by atoms with van der Waals surface area (Å²) in [6.07, 6.45) is 14.6. The Balaban J connectivity index is 1.67. The Morgan fingerprint density at radius 3 is 2.75 bits per heavy atom. The summed E-state index contributed by atoms with van der Waals surface area (Å²) < 4.78 is 2.10. The van der Waals surface area contributed by atoms with Gasteiger partial charge in [-0.05, 0) is 18.8 Å². The third kappa shape index (κ3) is 3.22. The summed E-state index contributed by atoms with van der Waals surface area (Å²) in [4.78, 5) is 5.76. The number of imidazole rings is 1. The van der Waals surface area contributed by atoms with Crippen LogP contribution in [-0.2, 0) is 6.42 Å². The Labute approximate surface area is 124 Å². The number of hydrogen-bond acceptors (Lipinski definition) is 4. The molecule has 0 saturated heterocycles. The van der Waals surface area contributed by atoms with Gasteiger partial charge >= 0.3 is 0 Å². The minimum Gasteiger partial charge on any atom is -0.297 e. The van der Waals surface area contributed by atoms with E-state index in [1.165, 1.54) is 44.9 Å². The van der Waals surface area contributed by atoms with Crippen molar-refractivity contribution in [2.24, 2.45) is 11.8 Å². The molecule has 110 valence electrons. The Morgan fingerprint density at radius 2 is 2.05 bits per heavy atom. The molecule has 0 bridgehead atoms. The van der Waals surface area contributed by atoms with Gasteiger partial charge in [-0.15, -0.1) is 11.3 Å². The van der Waals surface area contributed by atoms with Crippen LogP contribution < -0.4 is 11.3 Å². The fourth-order valence-corrected chi connectivity index (χ4v) is 4.07. The maximum atomic E-state index is 5.83. The minimum absolute atomic E-state index is 0.359. The van der Waals surface area contributed by atoms with Gasteiger partial charge in [0.15, 0.2) is 4.96 Å². The zero-order valence-corrected chi connectivity index (χ0v) is 12.7. The van der Waals surface area contributed by atoms with Crippen LogP contribution in [0, 0.1) is 5.92 Å². The molecule has 0 aliphatic heterocycles. The van der Waals surface area contributed by atoms with Crippen LogP contribution in [0.15, 0.2) is 17.8 Å². The zero-order chi connectivity index (χ0) is 13.8. The fraction of sp³-hybridized carbons (Fsp3) is 0.667. The number of nitrogens with two attached hydrogens (primary N) is 1. The molecule has 3 N–H and O–H groups in total. The van der Waals surface area contributed by atoms with E-state index in [0.29, 0.717) is 12.0 Å². The van der Waals surface area contributed by atoms with Gasteiger partial charge in [-0.1, -0.05) is 32.1 Å². The smallest absolute Gasteiger partial charge is 0.193 e. The van der Waals surface area contributed by atoms with Crippen molar-refractivity contribution in [2.45, 2.75) is 57.4 Å². The molecule has 1 aliphatic carbocycles. The molecule has 4 nitrogen and oxygen atoms in total. The number of hydrazine groups is 1. The quantitative estimate of drug-likeness (QED) is 0.672. The van der Waals surface area contributed by atoms with Crippen molar-refractivity contribution in [1.82, 2.24) is 14.8 Å². The molecule has 0 amide bonds. The Hall–Kier alpha value is -0.910. The topological polar surface area (TPSA) is 55.3 Å². The highest BCUT2D eigenvalue weighted by atomic mass is 32.1. The van der Waals surface area contributed by atoms with Gasteiger partial charge in [-0.2, -0.15) is 0 Å². The second-order valence-corrected chi connectivity index (χ2v) is 6.78. The lowest BCUT2D eigenvalue weighted by Gasteiger charge is -2.27. The summed E-state index contributed by atoms with van der Waals surface area (Å²) in [6.45, 7) is 0.